The van der Waals surface area contributed by atoms with Crippen LogP contribution < -0.4 is 5.32 Å². The first kappa shape index (κ1) is 10.0. The van der Waals surface area contributed by atoms with Crippen LogP contribution in [-0.4, -0.2) is 36.5 Å². The van der Waals surface area contributed by atoms with E-state index in [1.54, 1.807) is 6.92 Å². The van der Waals surface area contributed by atoms with Gasteiger partial charge in [-0.1, -0.05) is 6.92 Å². The van der Waals surface area contributed by atoms with Gasteiger partial charge in [0, 0.05) is 13.1 Å². The van der Waals surface area contributed by atoms with Crippen LogP contribution in [0.15, 0.2) is 0 Å². The Labute approximate surface area is 78.5 Å². The molecule has 0 spiro atoms. The summed E-state index contributed by atoms with van der Waals surface area (Å²) in [6.45, 7) is 6.57. The number of likely N-dealkylation sites (N-methyl/N-ethyl adjacent to an activating group) is 1. The molecule has 1 atom stereocenters. The van der Waals surface area contributed by atoms with Crippen molar-refractivity contribution < 1.29 is 4.79 Å². The molecule has 13 heavy (non-hydrogen) atoms. The second-order valence-corrected chi connectivity index (χ2v) is 3.41. The first-order valence-corrected chi connectivity index (χ1v) is 4.59. The zero-order chi connectivity index (χ0) is 9.84. The third-order valence-electron chi connectivity index (χ3n) is 2.34. The Balaban J connectivity index is 2.21. The molecule has 0 saturated carbocycles. The molecule has 0 aromatic heterocycles. The maximum atomic E-state index is 11.2. The van der Waals surface area contributed by atoms with Gasteiger partial charge in [-0.3, -0.25) is 9.69 Å². The Bertz CT molecular complexity index is 228. The second kappa shape index (κ2) is 4.24. The van der Waals surface area contributed by atoms with Gasteiger partial charge >= 0.3 is 0 Å². The minimum absolute atomic E-state index is 0.150. The van der Waals surface area contributed by atoms with Crippen molar-refractivity contribution >= 4 is 5.91 Å². The molecule has 0 radical (unpaired) electrons. The van der Waals surface area contributed by atoms with Gasteiger partial charge < -0.3 is 5.32 Å². The molecule has 1 rings (SSSR count). The Morgan fingerprint density at radius 2 is 2.38 bits per heavy atom. The fourth-order valence-corrected chi connectivity index (χ4v) is 1.30. The van der Waals surface area contributed by atoms with Crippen molar-refractivity contribution in [3.05, 3.63) is 0 Å². The fraction of sp³-hybridized carbons (Fsp3) is 0.778. The van der Waals surface area contributed by atoms with Crippen molar-refractivity contribution in [3.63, 3.8) is 0 Å². The molecule has 0 aromatic rings. The maximum Gasteiger partial charge on any atom is 0.237 e. The number of nitriles is 1. The van der Waals surface area contributed by atoms with Gasteiger partial charge in [0.2, 0.25) is 5.91 Å². The lowest BCUT2D eigenvalue weighted by Gasteiger charge is -2.38. The lowest BCUT2D eigenvalue weighted by molar-refractivity contribution is -0.124. The molecule has 1 heterocycles. The van der Waals surface area contributed by atoms with E-state index in [0.29, 0.717) is 0 Å². The van der Waals surface area contributed by atoms with Crippen LogP contribution in [0.25, 0.3) is 0 Å². The van der Waals surface area contributed by atoms with E-state index in [1.807, 2.05) is 6.07 Å². The number of likely N-dealkylation sites (tertiary alicyclic amines) is 1. The van der Waals surface area contributed by atoms with Gasteiger partial charge in [-0.2, -0.15) is 5.26 Å². The number of hydrogen-bond acceptors (Lipinski definition) is 3. The number of carbonyl (C=O) groups is 1. The SMILES string of the molecule is CCN1CC(NC(=O)C(C)C#N)C1. The number of hydrogen-bond donors (Lipinski definition) is 1. The van der Waals surface area contributed by atoms with Gasteiger partial charge in [0.1, 0.15) is 5.92 Å². The van der Waals surface area contributed by atoms with Crippen molar-refractivity contribution in [2.45, 2.75) is 19.9 Å². The molecule has 0 bridgehead atoms. The van der Waals surface area contributed by atoms with Crippen LogP contribution in [0.1, 0.15) is 13.8 Å². The molecule has 1 unspecified atom stereocenters. The summed E-state index contributed by atoms with van der Waals surface area (Å²) in [5, 5.41) is 11.3. The largest absolute Gasteiger partial charge is 0.350 e. The third-order valence-corrected chi connectivity index (χ3v) is 2.34. The summed E-state index contributed by atoms with van der Waals surface area (Å²) in [6, 6.07) is 2.17. The summed E-state index contributed by atoms with van der Waals surface area (Å²) in [6.07, 6.45) is 0. The zero-order valence-electron chi connectivity index (χ0n) is 8.08. The van der Waals surface area contributed by atoms with Crippen LogP contribution in [-0.2, 0) is 4.79 Å². The predicted octanol–water partition coefficient (Wildman–Crippen LogP) is -0.0336. The average Bonchev–Trinajstić information content (AvgIpc) is 2.08. The molecule has 1 N–H and O–H groups in total. The van der Waals surface area contributed by atoms with Gasteiger partial charge in [0.15, 0.2) is 0 Å². The molecule has 1 fully saturated rings. The Kier molecular flexibility index (Phi) is 3.26. The molecular weight excluding hydrogens is 166 g/mol. The average molecular weight is 181 g/mol. The van der Waals surface area contributed by atoms with Crippen LogP contribution >= 0.6 is 0 Å². The van der Waals surface area contributed by atoms with Crippen LogP contribution in [0.2, 0.25) is 0 Å². The number of amides is 1. The van der Waals surface area contributed by atoms with Crippen molar-refractivity contribution in [1.82, 2.24) is 10.2 Å². The lowest BCUT2D eigenvalue weighted by atomic mass is 10.1. The van der Waals surface area contributed by atoms with Crippen molar-refractivity contribution in [3.8, 4) is 6.07 Å². The van der Waals surface area contributed by atoms with E-state index in [1.165, 1.54) is 0 Å². The molecule has 1 saturated heterocycles. The van der Waals surface area contributed by atoms with Crippen LogP contribution in [0, 0.1) is 17.2 Å². The van der Waals surface area contributed by atoms with Gasteiger partial charge in [-0.25, -0.2) is 0 Å². The Hall–Kier alpha value is -1.08. The zero-order valence-corrected chi connectivity index (χ0v) is 8.08. The van der Waals surface area contributed by atoms with E-state index >= 15 is 0 Å². The first-order chi connectivity index (χ1) is 6.17. The molecular formula is C9H15N3O. The summed E-state index contributed by atoms with van der Waals surface area (Å²) in [7, 11) is 0. The van der Waals surface area contributed by atoms with Gasteiger partial charge in [0.05, 0.1) is 12.1 Å². The molecule has 4 nitrogen and oxygen atoms in total. The molecule has 1 aliphatic rings. The monoisotopic (exact) mass is 181 g/mol. The highest BCUT2D eigenvalue weighted by atomic mass is 16.1. The van der Waals surface area contributed by atoms with E-state index in [9.17, 15) is 4.79 Å². The molecule has 1 amide bonds. The maximum absolute atomic E-state index is 11.2. The highest BCUT2D eigenvalue weighted by molar-refractivity contribution is 5.81. The topological polar surface area (TPSA) is 56.1 Å². The van der Waals surface area contributed by atoms with E-state index in [2.05, 4.69) is 17.1 Å². The van der Waals surface area contributed by atoms with Crippen molar-refractivity contribution in [2.75, 3.05) is 19.6 Å². The quantitative estimate of drug-likeness (QED) is 0.665. The van der Waals surface area contributed by atoms with Gasteiger partial charge in [0.25, 0.3) is 0 Å². The summed E-state index contributed by atoms with van der Waals surface area (Å²) in [5.74, 6) is -0.682. The lowest BCUT2D eigenvalue weighted by Crippen LogP contribution is -2.59. The predicted molar refractivity (Wildman–Crippen MR) is 48.8 cm³/mol. The first-order valence-electron chi connectivity index (χ1n) is 4.59. The molecule has 0 aromatic carbocycles. The highest BCUT2D eigenvalue weighted by Gasteiger charge is 2.27. The van der Waals surface area contributed by atoms with Crippen LogP contribution in [0.5, 0.6) is 0 Å². The van der Waals surface area contributed by atoms with E-state index in [-0.39, 0.29) is 11.9 Å². The minimum atomic E-state index is -0.532. The van der Waals surface area contributed by atoms with Crippen LogP contribution in [0.4, 0.5) is 0 Å². The number of rotatable bonds is 3. The number of nitrogens with one attached hydrogen (secondary N) is 1. The molecule has 4 heteroatoms. The summed E-state index contributed by atoms with van der Waals surface area (Å²) >= 11 is 0. The Morgan fingerprint density at radius 1 is 1.77 bits per heavy atom. The molecule has 1 aliphatic heterocycles. The highest BCUT2D eigenvalue weighted by Crippen LogP contribution is 2.07. The number of nitrogens with zero attached hydrogens (tertiary/aromatic N) is 2. The summed E-state index contributed by atoms with van der Waals surface area (Å²) in [4.78, 5) is 13.5. The normalized spacial score (nSPS) is 20.1. The molecule has 72 valence electrons. The summed E-state index contributed by atoms with van der Waals surface area (Å²) in [5.41, 5.74) is 0. The van der Waals surface area contributed by atoms with Gasteiger partial charge in [-0.05, 0) is 13.5 Å². The third kappa shape index (κ3) is 2.43. The minimum Gasteiger partial charge on any atom is -0.350 e. The van der Waals surface area contributed by atoms with E-state index in [4.69, 9.17) is 5.26 Å². The van der Waals surface area contributed by atoms with Crippen molar-refractivity contribution in [2.24, 2.45) is 5.92 Å². The number of carbonyl (C=O) groups excluding carboxylic acids is 1. The second-order valence-electron chi connectivity index (χ2n) is 3.41. The van der Waals surface area contributed by atoms with Crippen molar-refractivity contribution in [1.29, 1.82) is 5.26 Å². The van der Waals surface area contributed by atoms with E-state index in [0.717, 1.165) is 19.6 Å². The van der Waals surface area contributed by atoms with Crippen LogP contribution in [0.3, 0.4) is 0 Å². The van der Waals surface area contributed by atoms with E-state index < -0.39 is 5.92 Å². The van der Waals surface area contributed by atoms with Gasteiger partial charge in [-0.15, -0.1) is 0 Å². The Morgan fingerprint density at radius 3 is 2.85 bits per heavy atom. The summed E-state index contributed by atoms with van der Waals surface area (Å²) < 4.78 is 0. The molecule has 0 aliphatic carbocycles. The standard InChI is InChI=1S/C9H15N3O/c1-3-12-5-8(6-12)11-9(13)7(2)4-10/h7-8H,3,5-6H2,1-2H3,(H,11,13). The smallest absolute Gasteiger partial charge is 0.237 e. The fourth-order valence-electron chi connectivity index (χ4n) is 1.30.